The van der Waals surface area contributed by atoms with Crippen LogP contribution in [0.15, 0.2) is 18.2 Å². The first-order valence-corrected chi connectivity index (χ1v) is 7.32. The van der Waals surface area contributed by atoms with Crippen molar-refractivity contribution in [3.8, 4) is 11.8 Å². The van der Waals surface area contributed by atoms with Crippen molar-refractivity contribution in [1.29, 1.82) is 0 Å². The van der Waals surface area contributed by atoms with E-state index in [0.29, 0.717) is 5.69 Å². The van der Waals surface area contributed by atoms with Gasteiger partial charge < -0.3 is 10.4 Å². The van der Waals surface area contributed by atoms with Gasteiger partial charge in [0, 0.05) is 11.1 Å². The predicted molar refractivity (Wildman–Crippen MR) is 80.2 cm³/mol. The Balaban J connectivity index is 2.17. The molecule has 0 aromatic heterocycles. The Morgan fingerprint density at radius 1 is 1.43 bits per heavy atom. The van der Waals surface area contributed by atoms with Crippen molar-refractivity contribution < 1.29 is 14.3 Å². The lowest BCUT2D eigenvalue weighted by atomic mass is 9.82. The van der Waals surface area contributed by atoms with Crippen LogP contribution in [-0.4, -0.2) is 17.6 Å². The van der Waals surface area contributed by atoms with Crippen LogP contribution in [0, 0.1) is 23.1 Å². The number of amides is 1. The van der Waals surface area contributed by atoms with E-state index in [9.17, 15) is 9.18 Å². The van der Waals surface area contributed by atoms with Crippen molar-refractivity contribution in [2.45, 2.75) is 39.0 Å². The molecule has 1 saturated carbocycles. The van der Waals surface area contributed by atoms with Crippen molar-refractivity contribution >= 4 is 11.6 Å². The van der Waals surface area contributed by atoms with Crippen LogP contribution in [0.1, 0.15) is 44.6 Å². The number of hydrogen-bond acceptors (Lipinski definition) is 2. The molecule has 1 aliphatic rings. The van der Waals surface area contributed by atoms with Gasteiger partial charge in [-0.1, -0.05) is 31.6 Å². The highest BCUT2D eigenvalue weighted by atomic mass is 19.1. The highest BCUT2D eigenvalue weighted by Crippen LogP contribution is 2.41. The summed E-state index contributed by atoms with van der Waals surface area (Å²) in [7, 11) is 0. The van der Waals surface area contributed by atoms with Crippen LogP contribution in [0.5, 0.6) is 0 Å². The molecule has 1 aromatic rings. The van der Waals surface area contributed by atoms with Crippen molar-refractivity contribution in [1.82, 2.24) is 0 Å². The number of aliphatic hydroxyl groups excluding tert-OH is 1. The van der Waals surface area contributed by atoms with Crippen molar-refractivity contribution in [3.05, 3.63) is 29.6 Å². The maximum atomic E-state index is 13.6. The number of hydrogen-bond donors (Lipinski definition) is 2. The topological polar surface area (TPSA) is 49.3 Å². The van der Waals surface area contributed by atoms with Crippen LogP contribution in [0.2, 0.25) is 0 Å². The summed E-state index contributed by atoms with van der Waals surface area (Å²) in [5.74, 6) is 4.51. The fourth-order valence-corrected chi connectivity index (χ4v) is 2.89. The molecule has 3 nitrogen and oxygen atoms in total. The Labute approximate surface area is 124 Å². The zero-order valence-electron chi connectivity index (χ0n) is 12.2. The normalized spacial score (nSPS) is 16.1. The molecule has 1 fully saturated rings. The average Bonchev–Trinajstić information content (AvgIpc) is 2.98. The Hall–Kier alpha value is -1.86. The van der Waals surface area contributed by atoms with Gasteiger partial charge in [-0.15, -0.1) is 0 Å². The van der Waals surface area contributed by atoms with Gasteiger partial charge in [-0.05, 0) is 37.5 Å². The highest BCUT2D eigenvalue weighted by molar-refractivity contribution is 5.95. The van der Waals surface area contributed by atoms with Gasteiger partial charge in [0.2, 0.25) is 5.91 Å². The molecule has 0 bridgehead atoms. The van der Waals surface area contributed by atoms with Crippen LogP contribution >= 0.6 is 0 Å². The summed E-state index contributed by atoms with van der Waals surface area (Å²) in [6, 6.07) is 4.33. The standard InChI is InChI=1S/C17H20FNO2/c1-2-17(9-3-4-10-17)16(21)19-14-7-8-15(18)13(12-14)6-5-11-20/h7-8,12,20H,2-4,9-11H2,1H3,(H,19,21). The third-order valence-corrected chi connectivity index (χ3v) is 4.25. The number of halogens is 1. The van der Waals surface area contributed by atoms with Crippen molar-refractivity contribution in [3.63, 3.8) is 0 Å². The molecule has 2 N–H and O–H groups in total. The van der Waals surface area contributed by atoms with Gasteiger partial charge >= 0.3 is 0 Å². The maximum Gasteiger partial charge on any atom is 0.230 e. The van der Waals surface area contributed by atoms with Crippen LogP contribution in [0.3, 0.4) is 0 Å². The molecule has 1 aromatic carbocycles. The molecule has 2 rings (SSSR count). The number of nitrogens with one attached hydrogen (secondary N) is 1. The van der Waals surface area contributed by atoms with E-state index in [2.05, 4.69) is 17.2 Å². The second-order valence-electron chi connectivity index (χ2n) is 5.45. The van der Waals surface area contributed by atoms with Gasteiger partial charge in [0.15, 0.2) is 0 Å². The Bertz CT molecular complexity index is 580. The summed E-state index contributed by atoms with van der Waals surface area (Å²) in [6.07, 6.45) is 4.80. The van der Waals surface area contributed by atoms with Crippen molar-refractivity contribution in [2.24, 2.45) is 5.41 Å². The predicted octanol–water partition coefficient (Wildman–Crippen LogP) is 3.08. The fourth-order valence-electron chi connectivity index (χ4n) is 2.89. The van der Waals surface area contributed by atoms with Crippen LogP contribution in [0.4, 0.5) is 10.1 Å². The number of anilines is 1. The number of benzene rings is 1. The van der Waals surface area contributed by atoms with E-state index in [4.69, 9.17) is 5.11 Å². The fraction of sp³-hybridized carbons (Fsp3) is 0.471. The minimum Gasteiger partial charge on any atom is -0.384 e. The third kappa shape index (κ3) is 3.43. The van der Waals surface area contributed by atoms with Gasteiger partial charge in [0.05, 0.1) is 5.56 Å². The Kier molecular flexibility index (Phi) is 4.98. The minimum absolute atomic E-state index is 0.00942. The summed E-state index contributed by atoms with van der Waals surface area (Å²) >= 11 is 0. The molecule has 0 atom stereocenters. The molecule has 0 spiro atoms. The average molecular weight is 289 g/mol. The van der Waals surface area contributed by atoms with E-state index in [1.165, 1.54) is 18.2 Å². The SMILES string of the molecule is CCC1(C(=O)Nc2ccc(F)c(C#CCO)c2)CCCC1. The van der Waals surface area contributed by atoms with E-state index in [-0.39, 0.29) is 23.5 Å². The molecule has 0 aliphatic heterocycles. The molecule has 1 amide bonds. The Morgan fingerprint density at radius 2 is 2.14 bits per heavy atom. The maximum absolute atomic E-state index is 13.6. The second-order valence-corrected chi connectivity index (χ2v) is 5.45. The Morgan fingerprint density at radius 3 is 2.76 bits per heavy atom. The minimum atomic E-state index is -0.458. The molecule has 0 radical (unpaired) electrons. The van der Waals surface area contributed by atoms with E-state index in [0.717, 1.165) is 32.1 Å². The molecule has 21 heavy (non-hydrogen) atoms. The zero-order chi connectivity index (χ0) is 15.3. The van der Waals surface area contributed by atoms with Gasteiger partial charge in [-0.25, -0.2) is 4.39 Å². The molecular formula is C17H20FNO2. The van der Waals surface area contributed by atoms with E-state index in [1.807, 2.05) is 6.92 Å². The lowest BCUT2D eigenvalue weighted by Crippen LogP contribution is -2.33. The van der Waals surface area contributed by atoms with Crippen molar-refractivity contribution in [2.75, 3.05) is 11.9 Å². The van der Waals surface area contributed by atoms with Crippen LogP contribution in [0.25, 0.3) is 0 Å². The molecule has 0 saturated heterocycles. The summed E-state index contributed by atoms with van der Waals surface area (Å²) in [6.45, 7) is 1.71. The largest absolute Gasteiger partial charge is 0.384 e. The lowest BCUT2D eigenvalue weighted by Gasteiger charge is -2.26. The summed E-state index contributed by atoms with van der Waals surface area (Å²) < 4.78 is 13.6. The molecule has 0 unspecified atom stereocenters. The molecule has 112 valence electrons. The van der Waals surface area contributed by atoms with Gasteiger partial charge in [-0.2, -0.15) is 0 Å². The molecule has 4 heteroatoms. The monoisotopic (exact) mass is 289 g/mol. The summed E-state index contributed by atoms with van der Waals surface area (Å²) in [4.78, 5) is 12.5. The number of aliphatic hydroxyl groups is 1. The van der Waals surface area contributed by atoms with E-state index in [1.54, 1.807) is 0 Å². The summed E-state index contributed by atoms with van der Waals surface area (Å²) in [5.41, 5.74) is 0.438. The first kappa shape index (κ1) is 15.5. The second kappa shape index (κ2) is 6.73. The molecule has 0 heterocycles. The number of carbonyl (C=O) groups excluding carboxylic acids is 1. The molecular weight excluding hydrogens is 269 g/mol. The highest BCUT2D eigenvalue weighted by Gasteiger charge is 2.39. The third-order valence-electron chi connectivity index (χ3n) is 4.25. The number of carbonyl (C=O) groups is 1. The van der Waals surface area contributed by atoms with Crippen LogP contribution in [-0.2, 0) is 4.79 Å². The zero-order valence-corrected chi connectivity index (χ0v) is 12.2. The van der Waals surface area contributed by atoms with Crippen LogP contribution < -0.4 is 5.32 Å². The van der Waals surface area contributed by atoms with Gasteiger partial charge in [0.1, 0.15) is 12.4 Å². The first-order valence-electron chi connectivity index (χ1n) is 7.32. The molecule has 1 aliphatic carbocycles. The summed E-state index contributed by atoms with van der Waals surface area (Å²) in [5, 5.41) is 11.6. The van der Waals surface area contributed by atoms with Gasteiger partial charge in [-0.3, -0.25) is 4.79 Å². The van der Waals surface area contributed by atoms with E-state index >= 15 is 0 Å². The lowest BCUT2D eigenvalue weighted by molar-refractivity contribution is -0.125. The number of rotatable bonds is 3. The van der Waals surface area contributed by atoms with Gasteiger partial charge in [0.25, 0.3) is 0 Å². The quantitative estimate of drug-likeness (QED) is 0.840. The van der Waals surface area contributed by atoms with E-state index < -0.39 is 5.82 Å². The smallest absolute Gasteiger partial charge is 0.230 e. The first-order chi connectivity index (χ1) is 10.1.